The van der Waals surface area contributed by atoms with Gasteiger partial charge in [-0.2, -0.15) is 0 Å². The third-order valence-electron chi connectivity index (χ3n) is 3.19. The number of hydrogen-bond acceptors (Lipinski definition) is 2. The summed E-state index contributed by atoms with van der Waals surface area (Å²) >= 11 is 0. The summed E-state index contributed by atoms with van der Waals surface area (Å²) in [5.74, 6) is -0.349. The van der Waals surface area contributed by atoms with Crippen LogP contribution in [0.4, 0.5) is 0 Å². The molecule has 0 spiro atoms. The van der Waals surface area contributed by atoms with Crippen LogP contribution in [0.3, 0.4) is 0 Å². The highest BCUT2D eigenvalue weighted by Gasteiger charge is 2.12. The monoisotopic (exact) mass is 260 g/mol. The van der Waals surface area contributed by atoms with E-state index in [1.807, 2.05) is 6.07 Å². The zero-order valence-corrected chi connectivity index (χ0v) is 11.4. The highest BCUT2D eigenvalue weighted by molar-refractivity contribution is 5.95. The van der Waals surface area contributed by atoms with Crippen molar-refractivity contribution in [2.45, 2.75) is 26.8 Å². The number of nitrogens with zero attached hydrogens (tertiary/aromatic N) is 1. The second-order valence-electron chi connectivity index (χ2n) is 5.28. The van der Waals surface area contributed by atoms with Crippen molar-refractivity contribution in [2.24, 2.45) is 11.7 Å². The first kappa shape index (κ1) is 13.6. The lowest BCUT2D eigenvalue weighted by molar-refractivity contribution is 0.0697. The van der Waals surface area contributed by atoms with Crippen LogP contribution in [-0.4, -0.2) is 22.2 Å². The number of aromatic nitrogens is 1. The topological polar surface area (TPSA) is 68.2 Å². The molecule has 0 aliphatic carbocycles. The molecule has 2 aromatic rings. The van der Waals surface area contributed by atoms with Crippen LogP contribution in [0.25, 0.3) is 10.9 Å². The van der Waals surface area contributed by atoms with E-state index in [-0.39, 0.29) is 0 Å². The molecule has 0 aliphatic heterocycles. The minimum atomic E-state index is -0.891. The van der Waals surface area contributed by atoms with Crippen molar-refractivity contribution in [3.05, 3.63) is 35.5 Å². The molecule has 1 aromatic heterocycles. The van der Waals surface area contributed by atoms with Gasteiger partial charge in [0, 0.05) is 23.6 Å². The largest absolute Gasteiger partial charge is 0.478 e. The molecule has 0 atom stereocenters. The molecule has 0 fully saturated rings. The molecule has 1 heterocycles. The first-order valence-electron chi connectivity index (χ1n) is 6.58. The maximum absolute atomic E-state index is 11.1. The molecule has 2 rings (SSSR count). The van der Waals surface area contributed by atoms with Crippen LogP contribution in [0.1, 0.15) is 29.8 Å². The molecule has 0 amide bonds. The summed E-state index contributed by atoms with van der Waals surface area (Å²) < 4.78 is 2.19. The number of hydrogen-bond donors (Lipinski definition) is 2. The number of aromatic carboxylic acids is 1. The highest BCUT2D eigenvalue weighted by Crippen LogP contribution is 2.24. The lowest BCUT2D eigenvalue weighted by Crippen LogP contribution is -2.03. The molecule has 0 saturated carbocycles. The molecule has 4 nitrogen and oxygen atoms in total. The van der Waals surface area contributed by atoms with Gasteiger partial charge in [0.2, 0.25) is 0 Å². The fourth-order valence-electron chi connectivity index (χ4n) is 2.40. The van der Waals surface area contributed by atoms with Crippen LogP contribution in [0, 0.1) is 5.92 Å². The SMILES string of the molecule is CC(C)Cn1cc(CCN)c2cc(C(=O)O)ccc21. The number of carbonyl (C=O) groups is 1. The van der Waals surface area contributed by atoms with E-state index >= 15 is 0 Å². The average molecular weight is 260 g/mol. The van der Waals surface area contributed by atoms with Gasteiger partial charge >= 0.3 is 5.97 Å². The molecule has 0 aliphatic rings. The van der Waals surface area contributed by atoms with Crippen molar-refractivity contribution in [3.8, 4) is 0 Å². The molecule has 1 aromatic carbocycles. The van der Waals surface area contributed by atoms with E-state index in [0.717, 1.165) is 29.4 Å². The first-order chi connectivity index (χ1) is 9.02. The van der Waals surface area contributed by atoms with Crippen molar-refractivity contribution < 1.29 is 9.90 Å². The predicted octanol–water partition coefficient (Wildman–Crippen LogP) is 2.50. The van der Waals surface area contributed by atoms with E-state index < -0.39 is 5.97 Å². The van der Waals surface area contributed by atoms with Crippen molar-refractivity contribution in [2.75, 3.05) is 6.54 Å². The Kier molecular flexibility index (Phi) is 3.90. The Morgan fingerprint density at radius 1 is 1.42 bits per heavy atom. The Labute approximate surface area is 112 Å². The fraction of sp³-hybridized carbons (Fsp3) is 0.400. The lowest BCUT2D eigenvalue weighted by Gasteiger charge is -2.08. The number of nitrogens with two attached hydrogens (primary N) is 1. The van der Waals surface area contributed by atoms with Gasteiger partial charge in [-0.1, -0.05) is 13.8 Å². The Morgan fingerprint density at radius 2 is 2.16 bits per heavy atom. The fourth-order valence-corrected chi connectivity index (χ4v) is 2.40. The molecule has 0 bridgehead atoms. The van der Waals surface area contributed by atoms with Gasteiger partial charge in [-0.3, -0.25) is 0 Å². The molecule has 3 N–H and O–H groups in total. The Balaban J connectivity index is 2.57. The smallest absolute Gasteiger partial charge is 0.335 e. The molecular formula is C15H20N2O2. The highest BCUT2D eigenvalue weighted by atomic mass is 16.4. The molecular weight excluding hydrogens is 240 g/mol. The Hall–Kier alpha value is -1.81. The Bertz CT molecular complexity index is 599. The van der Waals surface area contributed by atoms with Crippen molar-refractivity contribution >= 4 is 16.9 Å². The van der Waals surface area contributed by atoms with Gasteiger partial charge in [-0.05, 0) is 42.6 Å². The van der Waals surface area contributed by atoms with Crippen molar-refractivity contribution in [3.63, 3.8) is 0 Å². The number of benzene rings is 1. The lowest BCUT2D eigenvalue weighted by atomic mass is 10.1. The van der Waals surface area contributed by atoms with Crippen molar-refractivity contribution in [1.82, 2.24) is 4.57 Å². The number of rotatable bonds is 5. The molecule has 102 valence electrons. The minimum absolute atomic E-state index is 0.327. The van der Waals surface area contributed by atoms with Crippen LogP contribution in [-0.2, 0) is 13.0 Å². The van der Waals surface area contributed by atoms with E-state index in [1.165, 1.54) is 0 Å². The summed E-state index contributed by atoms with van der Waals surface area (Å²) in [6.45, 7) is 5.83. The van der Waals surface area contributed by atoms with Gasteiger partial charge in [0.1, 0.15) is 0 Å². The summed E-state index contributed by atoms with van der Waals surface area (Å²) in [7, 11) is 0. The van der Waals surface area contributed by atoms with E-state index in [4.69, 9.17) is 10.8 Å². The molecule has 0 radical (unpaired) electrons. The second-order valence-corrected chi connectivity index (χ2v) is 5.28. The van der Waals surface area contributed by atoms with Crippen LogP contribution < -0.4 is 5.73 Å². The maximum atomic E-state index is 11.1. The zero-order valence-electron chi connectivity index (χ0n) is 11.4. The van der Waals surface area contributed by atoms with Gasteiger partial charge in [0.05, 0.1) is 5.56 Å². The minimum Gasteiger partial charge on any atom is -0.478 e. The number of carboxylic acid groups (broad SMARTS) is 1. The quantitative estimate of drug-likeness (QED) is 0.867. The van der Waals surface area contributed by atoms with Crippen molar-refractivity contribution in [1.29, 1.82) is 0 Å². The van der Waals surface area contributed by atoms with Gasteiger partial charge in [-0.15, -0.1) is 0 Å². The number of fused-ring (bicyclic) bond motifs is 1. The second kappa shape index (κ2) is 5.45. The standard InChI is InChI=1S/C15H20N2O2/c1-10(2)8-17-9-12(5-6-16)13-7-11(15(18)19)3-4-14(13)17/h3-4,7,9-10H,5-6,8,16H2,1-2H3,(H,18,19). The third-order valence-corrected chi connectivity index (χ3v) is 3.19. The summed E-state index contributed by atoms with van der Waals surface area (Å²) in [6, 6.07) is 5.30. The third kappa shape index (κ3) is 2.79. The van der Waals surface area contributed by atoms with Crippen LogP contribution in [0.15, 0.2) is 24.4 Å². The maximum Gasteiger partial charge on any atom is 0.335 e. The number of carboxylic acids is 1. The van der Waals surface area contributed by atoms with Crippen LogP contribution >= 0.6 is 0 Å². The molecule has 0 saturated heterocycles. The van der Waals surface area contributed by atoms with E-state index in [0.29, 0.717) is 18.0 Å². The predicted molar refractivity (Wildman–Crippen MR) is 76.5 cm³/mol. The Morgan fingerprint density at radius 3 is 2.74 bits per heavy atom. The van der Waals surface area contributed by atoms with Gasteiger partial charge in [0.15, 0.2) is 0 Å². The zero-order chi connectivity index (χ0) is 14.0. The summed E-state index contributed by atoms with van der Waals surface area (Å²) in [5, 5.41) is 10.1. The van der Waals surface area contributed by atoms with Crippen LogP contribution in [0.2, 0.25) is 0 Å². The molecule has 4 heteroatoms. The normalized spacial score (nSPS) is 11.4. The average Bonchev–Trinajstić information content (AvgIpc) is 2.67. The van der Waals surface area contributed by atoms with Gasteiger partial charge < -0.3 is 15.4 Å². The molecule has 19 heavy (non-hydrogen) atoms. The van der Waals surface area contributed by atoms with E-state index in [2.05, 4.69) is 24.6 Å². The van der Waals surface area contributed by atoms with E-state index in [1.54, 1.807) is 12.1 Å². The first-order valence-corrected chi connectivity index (χ1v) is 6.58. The van der Waals surface area contributed by atoms with Gasteiger partial charge in [-0.25, -0.2) is 4.79 Å². The summed E-state index contributed by atoms with van der Waals surface area (Å²) in [6.07, 6.45) is 2.87. The summed E-state index contributed by atoms with van der Waals surface area (Å²) in [4.78, 5) is 11.1. The van der Waals surface area contributed by atoms with E-state index in [9.17, 15) is 4.79 Å². The van der Waals surface area contributed by atoms with Crippen LogP contribution in [0.5, 0.6) is 0 Å². The molecule has 0 unspecified atom stereocenters. The van der Waals surface area contributed by atoms with Gasteiger partial charge in [0.25, 0.3) is 0 Å². The summed E-state index contributed by atoms with van der Waals surface area (Å²) in [5.41, 5.74) is 8.17.